The largest absolute Gasteiger partial charge is 0.450 e. The number of piperidine rings is 1. The zero-order valence-electron chi connectivity index (χ0n) is 13.3. The Bertz CT molecular complexity index is 698. The third-order valence-electron chi connectivity index (χ3n) is 4.20. The van der Waals surface area contributed by atoms with Crippen molar-refractivity contribution in [3.05, 3.63) is 23.2 Å². The van der Waals surface area contributed by atoms with Crippen LogP contribution in [0.5, 0.6) is 0 Å². The highest BCUT2D eigenvalue weighted by atomic mass is 35.5. The SMILES string of the molecule is CCOC(=O)N1CCC(N(C)c2nc3cccc(Cl)c3s2)CC1. The van der Waals surface area contributed by atoms with Crippen molar-refractivity contribution in [2.24, 2.45) is 0 Å². The smallest absolute Gasteiger partial charge is 0.409 e. The number of aromatic nitrogens is 1. The monoisotopic (exact) mass is 353 g/mol. The van der Waals surface area contributed by atoms with E-state index in [-0.39, 0.29) is 6.09 Å². The highest BCUT2D eigenvalue weighted by molar-refractivity contribution is 7.22. The van der Waals surface area contributed by atoms with E-state index >= 15 is 0 Å². The second-order valence-electron chi connectivity index (χ2n) is 5.61. The van der Waals surface area contributed by atoms with E-state index in [1.54, 1.807) is 16.2 Å². The van der Waals surface area contributed by atoms with E-state index in [9.17, 15) is 4.79 Å². The standard InChI is InChI=1S/C16H20ClN3O2S/c1-3-22-16(21)20-9-7-11(8-10-20)19(2)15-18-13-6-4-5-12(17)14(13)23-15/h4-6,11H,3,7-10H2,1-2H3. The molecule has 1 fully saturated rings. The lowest BCUT2D eigenvalue weighted by Crippen LogP contribution is -2.45. The van der Waals surface area contributed by atoms with Crippen molar-refractivity contribution in [3.63, 3.8) is 0 Å². The van der Waals surface area contributed by atoms with Gasteiger partial charge in [-0.1, -0.05) is 29.0 Å². The van der Waals surface area contributed by atoms with Crippen molar-refractivity contribution in [1.82, 2.24) is 9.88 Å². The number of anilines is 1. The van der Waals surface area contributed by atoms with Crippen molar-refractivity contribution in [2.45, 2.75) is 25.8 Å². The summed E-state index contributed by atoms with van der Waals surface area (Å²) in [4.78, 5) is 20.4. The van der Waals surface area contributed by atoms with Gasteiger partial charge in [-0.2, -0.15) is 0 Å². The van der Waals surface area contributed by atoms with Gasteiger partial charge < -0.3 is 14.5 Å². The molecular formula is C16H20ClN3O2S. The third kappa shape index (κ3) is 3.38. The minimum atomic E-state index is -0.208. The summed E-state index contributed by atoms with van der Waals surface area (Å²) >= 11 is 7.86. The van der Waals surface area contributed by atoms with Gasteiger partial charge in [-0.25, -0.2) is 9.78 Å². The molecule has 1 amide bonds. The van der Waals surface area contributed by atoms with Crippen molar-refractivity contribution >= 4 is 44.4 Å². The maximum absolute atomic E-state index is 11.8. The van der Waals surface area contributed by atoms with Gasteiger partial charge in [0.1, 0.15) is 0 Å². The predicted octanol–water partition coefficient (Wildman–Crippen LogP) is 4.01. The van der Waals surface area contributed by atoms with Crippen LogP contribution in [0.2, 0.25) is 5.02 Å². The van der Waals surface area contributed by atoms with Crippen LogP contribution in [0.4, 0.5) is 9.93 Å². The van der Waals surface area contributed by atoms with Gasteiger partial charge in [-0.3, -0.25) is 0 Å². The molecule has 5 nitrogen and oxygen atoms in total. The van der Waals surface area contributed by atoms with Crippen LogP contribution in [-0.4, -0.2) is 48.8 Å². The summed E-state index contributed by atoms with van der Waals surface area (Å²) in [6.07, 6.45) is 1.62. The molecule has 3 rings (SSSR count). The number of nitrogens with zero attached hydrogens (tertiary/aromatic N) is 3. The molecule has 1 aromatic carbocycles. The number of halogens is 1. The van der Waals surface area contributed by atoms with Crippen LogP contribution in [0.1, 0.15) is 19.8 Å². The number of thiazole rings is 1. The van der Waals surface area contributed by atoms with Gasteiger partial charge in [0.15, 0.2) is 5.13 Å². The van der Waals surface area contributed by atoms with Crippen molar-refractivity contribution in [3.8, 4) is 0 Å². The fourth-order valence-electron chi connectivity index (χ4n) is 2.86. The second-order valence-corrected chi connectivity index (χ2v) is 7.00. The molecule has 0 spiro atoms. The van der Waals surface area contributed by atoms with E-state index in [4.69, 9.17) is 16.3 Å². The molecule has 0 unspecified atom stereocenters. The minimum Gasteiger partial charge on any atom is -0.450 e. The van der Waals surface area contributed by atoms with Gasteiger partial charge in [0.2, 0.25) is 0 Å². The Hall–Kier alpha value is -1.53. The van der Waals surface area contributed by atoms with Gasteiger partial charge >= 0.3 is 6.09 Å². The van der Waals surface area contributed by atoms with E-state index in [0.717, 1.165) is 46.3 Å². The number of carbonyl (C=O) groups is 1. The van der Waals surface area contributed by atoms with Crippen LogP contribution in [0, 0.1) is 0 Å². The minimum absolute atomic E-state index is 0.208. The summed E-state index contributed by atoms with van der Waals surface area (Å²) in [7, 11) is 2.07. The van der Waals surface area contributed by atoms with Gasteiger partial charge in [0.05, 0.1) is 21.8 Å². The second kappa shape index (κ2) is 6.93. The van der Waals surface area contributed by atoms with Crippen LogP contribution in [0.25, 0.3) is 10.2 Å². The number of rotatable bonds is 3. The molecule has 1 aliphatic rings. The Balaban J connectivity index is 1.68. The van der Waals surface area contributed by atoms with E-state index in [1.807, 2.05) is 25.1 Å². The number of amides is 1. The lowest BCUT2D eigenvalue weighted by molar-refractivity contribution is 0.0971. The molecule has 2 aromatic rings. The number of ether oxygens (including phenoxy) is 1. The molecule has 0 N–H and O–H groups in total. The molecule has 23 heavy (non-hydrogen) atoms. The highest BCUT2D eigenvalue weighted by Gasteiger charge is 2.27. The van der Waals surface area contributed by atoms with E-state index in [0.29, 0.717) is 12.6 Å². The van der Waals surface area contributed by atoms with Gasteiger partial charge in [-0.15, -0.1) is 0 Å². The molecule has 1 saturated heterocycles. The number of hydrogen-bond acceptors (Lipinski definition) is 5. The van der Waals surface area contributed by atoms with Crippen LogP contribution < -0.4 is 4.90 Å². The zero-order chi connectivity index (χ0) is 16.4. The molecule has 0 radical (unpaired) electrons. The molecule has 1 aliphatic heterocycles. The molecule has 0 bridgehead atoms. The van der Waals surface area contributed by atoms with Gasteiger partial charge in [0, 0.05) is 26.2 Å². The molecule has 2 heterocycles. The summed E-state index contributed by atoms with van der Waals surface area (Å²) in [6, 6.07) is 6.17. The van der Waals surface area contributed by atoms with Crippen LogP contribution in [0.3, 0.4) is 0 Å². The van der Waals surface area contributed by atoms with Crippen LogP contribution in [-0.2, 0) is 4.74 Å². The Morgan fingerprint density at radius 3 is 2.87 bits per heavy atom. The number of hydrogen-bond donors (Lipinski definition) is 0. The molecular weight excluding hydrogens is 334 g/mol. The summed E-state index contributed by atoms with van der Waals surface area (Å²) in [6.45, 7) is 3.70. The fourth-order valence-corrected chi connectivity index (χ4v) is 4.15. The topological polar surface area (TPSA) is 45.7 Å². The quantitative estimate of drug-likeness (QED) is 0.836. The normalized spacial score (nSPS) is 15.9. The van der Waals surface area contributed by atoms with Gasteiger partial charge in [0.25, 0.3) is 0 Å². The van der Waals surface area contributed by atoms with E-state index in [1.165, 1.54) is 0 Å². The zero-order valence-corrected chi connectivity index (χ0v) is 14.9. The Morgan fingerprint density at radius 1 is 1.48 bits per heavy atom. The lowest BCUT2D eigenvalue weighted by atomic mass is 10.0. The van der Waals surface area contributed by atoms with Crippen molar-refractivity contribution < 1.29 is 9.53 Å². The maximum Gasteiger partial charge on any atom is 0.409 e. The summed E-state index contributed by atoms with van der Waals surface area (Å²) in [5.74, 6) is 0. The average molecular weight is 354 g/mol. The van der Waals surface area contributed by atoms with Crippen LogP contribution >= 0.6 is 22.9 Å². The van der Waals surface area contributed by atoms with Crippen molar-refractivity contribution in [1.29, 1.82) is 0 Å². The number of carbonyl (C=O) groups excluding carboxylic acids is 1. The maximum atomic E-state index is 11.8. The average Bonchev–Trinajstić information content (AvgIpc) is 3.00. The van der Waals surface area contributed by atoms with Gasteiger partial charge in [-0.05, 0) is 31.9 Å². The predicted molar refractivity (Wildman–Crippen MR) is 94.7 cm³/mol. The fraction of sp³-hybridized carbons (Fsp3) is 0.500. The third-order valence-corrected chi connectivity index (χ3v) is 5.82. The first-order valence-electron chi connectivity index (χ1n) is 7.79. The molecule has 0 aliphatic carbocycles. The Kier molecular flexibility index (Phi) is 4.92. The van der Waals surface area contributed by atoms with E-state index in [2.05, 4.69) is 16.9 Å². The summed E-state index contributed by atoms with van der Waals surface area (Å²) in [5.41, 5.74) is 0.938. The Morgan fingerprint density at radius 2 is 2.22 bits per heavy atom. The molecule has 1 aromatic heterocycles. The van der Waals surface area contributed by atoms with E-state index < -0.39 is 0 Å². The first-order valence-corrected chi connectivity index (χ1v) is 8.99. The molecule has 124 valence electrons. The van der Waals surface area contributed by atoms with Crippen LogP contribution in [0.15, 0.2) is 18.2 Å². The number of fused-ring (bicyclic) bond motifs is 1. The summed E-state index contributed by atoms with van der Waals surface area (Å²) < 4.78 is 6.09. The molecule has 0 saturated carbocycles. The first-order chi connectivity index (χ1) is 11.1. The van der Waals surface area contributed by atoms with Crippen molar-refractivity contribution in [2.75, 3.05) is 31.6 Å². The summed E-state index contributed by atoms with van der Waals surface area (Å²) in [5, 5.41) is 1.72. The number of likely N-dealkylation sites (tertiary alicyclic amines) is 1. The lowest BCUT2D eigenvalue weighted by Gasteiger charge is -2.36. The molecule has 0 atom stereocenters. The molecule has 7 heteroatoms. The highest BCUT2D eigenvalue weighted by Crippen LogP contribution is 2.35. The number of benzene rings is 1. The Labute approximate surface area is 144 Å². The first kappa shape index (κ1) is 16.3.